The number of ether oxygens (including phenoxy) is 1. The predicted molar refractivity (Wildman–Crippen MR) is 91.3 cm³/mol. The highest BCUT2D eigenvalue weighted by Gasteiger charge is 2.32. The van der Waals surface area contributed by atoms with Crippen LogP contribution in [0.4, 0.5) is 0 Å². The zero-order valence-corrected chi connectivity index (χ0v) is 13.8. The lowest BCUT2D eigenvalue weighted by Gasteiger charge is -2.31. The molecule has 0 spiro atoms. The van der Waals surface area contributed by atoms with Crippen molar-refractivity contribution in [3.63, 3.8) is 0 Å². The highest BCUT2D eigenvalue weighted by molar-refractivity contribution is 8.04. The van der Waals surface area contributed by atoms with Crippen LogP contribution in [0.15, 0.2) is 35.2 Å². The lowest BCUT2D eigenvalue weighted by Crippen LogP contribution is -2.37. The summed E-state index contributed by atoms with van der Waals surface area (Å²) in [5.74, 6) is 1.45. The van der Waals surface area contributed by atoms with Gasteiger partial charge in [0.15, 0.2) is 0 Å². The molecule has 0 bridgehead atoms. The van der Waals surface area contributed by atoms with Crippen molar-refractivity contribution in [2.75, 3.05) is 12.4 Å². The van der Waals surface area contributed by atoms with Crippen LogP contribution in [0.25, 0.3) is 5.70 Å². The van der Waals surface area contributed by atoms with E-state index in [2.05, 4.69) is 17.4 Å². The third kappa shape index (κ3) is 3.32. The fraction of sp³-hybridized carbons (Fsp3) is 0.500. The summed E-state index contributed by atoms with van der Waals surface area (Å²) in [6.45, 7) is 2.27. The second-order valence-electron chi connectivity index (χ2n) is 5.90. The molecule has 0 unspecified atom stereocenters. The molecule has 1 aliphatic carbocycles. The van der Waals surface area contributed by atoms with Gasteiger partial charge in [0.05, 0.1) is 12.3 Å². The Labute approximate surface area is 136 Å². The number of hydrogen-bond donors (Lipinski definition) is 1. The normalized spacial score (nSPS) is 25.0. The van der Waals surface area contributed by atoms with Gasteiger partial charge in [0.1, 0.15) is 4.91 Å². The van der Waals surface area contributed by atoms with Gasteiger partial charge in [0, 0.05) is 11.8 Å². The first-order valence-corrected chi connectivity index (χ1v) is 9.14. The zero-order valence-electron chi connectivity index (χ0n) is 13.0. The van der Waals surface area contributed by atoms with Crippen molar-refractivity contribution in [1.29, 1.82) is 0 Å². The van der Waals surface area contributed by atoms with Crippen LogP contribution in [0.1, 0.15) is 38.2 Å². The number of carbonyl (C=O) groups is 1. The molecule has 2 atom stereocenters. The summed E-state index contributed by atoms with van der Waals surface area (Å²) >= 11 is 1.66. The van der Waals surface area contributed by atoms with Gasteiger partial charge >= 0.3 is 5.97 Å². The Bertz CT molecular complexity index is 555. The zero-order chi connectivity index (χ0) is 15.4. The first-order valence-electron chi connectivity index (χ1n) is 8.15. The van der Waals surface area contributed by atoms with E-state index in [0.717, 1.165) is 21.9 Å². The first kappa shape index (κ1) is 15.5. The van der Waals surface area contributed by atoms with E-state index < -0.39 is 0 Å². The lowest BCUT2D eigenvalue weighted by atomic mass is 9.85. The average molecular weight is 317 g/mol. The van der Waals surface area contributed by atoms with Gasteiger partial charge in [-0.1, -0.05) is 43.2 Å². The first-order chi connectivity index (χ1) is 10.8. The summed E-state index contributed by atoms with van der Waals surface area (Å²) in [5.41, 5.74) is 2.03. The highest BCUT2D eigenvalue weighted by atomic mass is 32.2. The van der Waals surface area contributed by atoms with E-state index in [9.17, 15) is 4.79 Å². The number of hydrogen-bond acceptors (Lipinski definition) is 4. The Morgan fingerprint density at radius 3 is 2.82 bits per heavy atom. The Balaban J connectivity index is 1.96. The second-order valence-corrected chi connectivity index (χ2v) is 6.93. The number of fused-ring (bicyclic) bond motifs is 1. The van der Waals surface area contributed by atoms with Crippen molar-refractivity contribution >= 4 is 23.4 Å². The van der Waals surface area contributed by atoms with E-state index in [4.69, 9.17) is 4.74 Å². The van der Waals surface area contributed by atoms with E-state index in [0.29, 0.717) is 18.6 Å². The second kappa shape index (κ2) is 7.23. The Kier molecular flexibility index (Phi) is 5.08. The van der Waals surface area contributed by atoms with E-state index in [1.165, 1.54) is 25.7 Å². The summed E-state index contributed by atoms with van der Waals surface area (Å²) in [4.78, 5) is 13.1. The SMILES string of the molecule is CCOC(=O)C1=C(c2ccccc2)N[C@H]2CCCC[C@H]2CS1. The van der Waals surface area contributed by atoms with Gasteiger partial charge in [-0.3, -0.25) is 0 Å². The molecule has 0 amide bonds. The average Bonchev–Trinajstić information content (AvgIpc) is 2.75. The van der Waals surface area contributed by atoms with Crippen LogP contribution in [0, 0.1) is 5.92 Å². The number of esters is 1. The van der Waals surface area contributed by atoms with Gasteiger partial charge in [-0.2, -0.15) is 0 Å². The monoisotopic (exact) mass is 317 g/mol. The van der Waals surface area contributed by atoms with Crippen LogP contribution < -0.4 is 5.32 Å². The fourth-order valence-corrected chi connectivity index (χ4v) is 4.57. The molecular weight excluding hydrogens is 294 g/mol. The molecule has 0 aromatic heterocycles. The molecule has 22 heavy (non-hydrogen) atoms. The molecule has 1 aliphatic heterocycles. The van der Waals surface area contributed by atoms with Crippen LogP contribution >= 0.6 is 11.8 Å². The maximum atomic E-state index is 12.4. The van der Waals surface area contributed by atoms with Crippen LogP contribution in [-0.4, -0.2) is 24.4 Å². The van der Waals surface area contributed by atoms with Crippen molar-refractivity contribution in [1.82, 2.24) is 5.32 Å². The third-order valence-corrected chi connectivity index (χ3v) is 5.69. The molecule has 1 fully saturated rings. The number of thioether (sulfide) groups is 1. The molecule has 0 saturated heterocycles. The van der Waals surface area contributed by atoms with Crippen molar-refractivity contribution in [3.05, 3.63) is 40.8 Å². The molecule has 118 valence electrons. The predicted octanol–water partition coefficient (Wildman–Crippen LogP) is 3.81. The smallest absolute Gasteiger partial charge is 0.346 e. The van der Waals surface area contributed by atoms with Crippen LogP contribution in [0.2, 0.25) is 0 Å². The Morgan fingerprint density at radius 2 is 2.05 bits per heavy atom. The molecule has 3 nitrogen and oxygen atoms in total. The quantitative estimate of drug-likeness (QED) is 0.860. The topological polar surface area (TPSA) is 38.3 Å². The number of rotatable bonds is 3. The molecule has 3 rings (SSSR count). The fourth-order valence-electron chi connectivity index (χ4n) is 3.29. The van der Waals surface area contributed by atoms with Crippen molar-refractivity contribution in [3.8, 4) is 0 Å². The largest absolute Gasteiger partial charge is 0.462 e. The molecule has 1 aromatic carbocycles. The van der Waals surface area contributed by atoms with Crippen LogP contribution in [0.5, 0.6) is 0 Å². The number of nitrogens with one attached hydrogen (secondary N) is 1. The number of carbonyl (C=O) groups excluding carboxylic acids is 1. The minimum atomic E-state index is -0.197. The minimum absolute atomic E-state index is 0.197. The lowest BCUT2D eigenvalue weighted by molar-refractivity contribution is -0.137. The molecule has 4 heteroatoms. The summed E-state index contributed by atoms with van der Waals surface area (Å²) in [7, 11) is 0. The van der Waals surface area contributed by atoms with Gasteiger partial charge in [-0.15, -0.1) is 11.8 Å². The molecule has 1 aromatic rings. The molecule has 1 saturated carbocycles. The van der Waals surface area contributed by atoms with Crippen molar-refractivity contribution < 1.29 is 9.53 Å². The minimum Gasteiger partial charge on any atom is -0.462 e. The van der Waals surface area contributed by atoms with Crippen molar-refractivity contribution in [2.45, 2.75) is 38.6 Å². The van der Waals surface area contributed by atoms with E-state index in [1.54, 1.807) is 11.8 Å². The van der Waals surface area contributed by atoms with Crippen molar-refractivity contribution in [2.24, 2.45) is 5.92 Å². The third-order valence-electron chi connectivity index (χ3n) is 4.43. The van der Waals surface area contributed by atoms with Crippen LogP contribution in [-0.2, 0) is 9.53 Å². The molecular formula is C18H23NO2S. The standard InChI is InChI=1S/C18H23NO2S/c1-2-21-18(20)17-16(13-8-4-3-5-9-13)19-15-11-7-6-10-14(15)12-22-17/h3-5,8-9,14-15,19H,2,6-7,10-12H2,1H3/t14-,15-/m0/s1. The highest BCUT2D eigenvalue weighted by Crippen LogP contribution is 2.37. The van der Waals surface area contributed by atoms with Gasteiger partial charge in [-0.05, 0) is 31.2 Å². The maximum absolute atomic E-state index is 12.4. The number of benzene rings is 1. The molecule has 1 heterocycles. The van der Waals surface area contributed by atoms with Gasteiger partial charge in [0.2, 0.25) is 0 Å². The Hall–Kier alpha value is -1.42. The van der Waals surface area contributed by atoms with Gasteiger partial charge in [-0.25, -0.2) is 4.79 Å². The van der Waals surface area contributed by atoms with E-state index in [-0.39, 0.29) is 5.97 Å². The van der Waals surface area contributed by atoms with E-state index >= 15 is 0 Å². The molecule has 0 radical (unpaired) electrons. The molecule has 2 aliphatic rings. The maximum Gasteiger partial charge on any atom is 0.346 e. The summed E-state index contributed by atoms with van der Waals surface area (Å²) < 4.78 is 5.28. The van der Waals surface area contributed by atoms with Gasteiger partial charge in [0.25, 0.3) is 0 Å². The van der Waals surface area contributed by atoms with Gasteiger partial charge < -0.3 is 10.1 Å². The summed E-state index contributed by atoms with van der Waals surface area (Å²) in [6, 6.07) is 10.6. The summed E-state index contributed by atoms with van der Waals surface area (Å²) in [6.07, 6.45) is 5.02. The molecule has 1 N–H and O–H groups in total. The summed E-state index contributed by atoms with van der Waals surface area (Å²) in [5, 5.41) is 3.68. The van der Waals surface area contributed by atoms with E-state index in [1.807, 2.05) is 25.1 Å². The van der Waals surface area contributed by atoms with Crippen LogP contribution in [0.3, 0.4) is 0 Å². The Morgan fingerprint density at radius 1 is 1.27 bits per heavy atom.